The van der Waals surface area contributed by atoms with Gasteiger partial charge in [0.2, 0.25) is 0 Å². The molecule has 0 rings (SSSR count). The summed E-state index contributed by atoms with van der Waals surface area (Å²) >= 11 is 0. The van der Waals surface area contributed by atoms with E-state index in [4.69, 9.17) is 10.8 Å². The highest BCUT2D eigenvalue weighted by Crippen LogP contribution is 1.96. The summed E-state index contributed by atoms with van der Waals surface area (Å²) in [6, 6.07) is 0. The fourth-order valence-electron chi connectivity index (χ4n) is 0.469. The van der Waals surface area contributed by atoms with Gasteiger partial charge in [0.05, 0.1) is 6.42 Å². The molecule has 0 saturated heterocycles. The molecule has 6 nitrogen and oxygen atoms in total. The Kier molecular flexibility index (Phi) is 4.43. The zero-order valence-corrected chi connectivity index (χ0v) is 6.56. The first kappa shape index (κ1) is 10.4. The molecule has 0 aromatic rings. The van der Waals surface area contributed by atoms with E-state index in [1.165, 1.54) is 6.92 Å². The Hall–Kier alpha value is -1.59. The van der Waals surface area contributed by atoms with E-state index in [1.807, 2.05) is 0 Å². The van der Waals surface area contributed by atoms with E-state index in [0.717, 1.165) is 6.21 Å². The van der Waals surface area contributed by atoms with Crippen LogP contribution in [0.15, 0.2) is 5.16 Å². The van der Waals surface area contributed by atoms with Crippen molar-refractivity contribution >= 4 is 18.1 Å². The lowest BCUT2D eigenvalue weighted by atomic mass is 10.3. The van der Waals surface area contributed by atoms with E-state index < -0.39 is 18.0 Å². The lowest BCUT2D eigenvalue weighted by Gasteiger charge is -2.04. The predicted molar refractivity (Wildman–Crippen MR) is 40.5 cm³/mol. The summed E-state index contributed by atoms with van der Waals surface area (Å²) in [6.07, 6.45) is 0.0344. The highest BCUT2D eigenvalue weighted by atomic mass is 16.6. The Morgan fingerprint density at radius 3 is 2.75 bits per heavy atom. The summed E-state index contributed by atoms with van der Waals surface area (Å²) in [7, 11) is 0. The number of carbonyl (C=O) groups excluding carboxylic acids is 1. The number of amides is 1. The molecule has 0 aliphatic heterocycles. The number of carboxylic acids is 1. The third-order valence-electron chi connectivity index (χ3n) is 0.883. The van der Waals surface area contributed by atoms with Gasteiger partial charge in [-0.15, -0.1) is 0 Å². The number of nitrogens with two attached hydrogens (primary N) is 1. The first-order valence-electron chi connectivity index (χ1n) is 3.22. The summed E-state index contributed by atoms with van der Waals surface area (Å²) in [5, 5.41) is 11.4. The van der Waals surface area contributed by atoms with Crippen LogP contribution in [0.1, 0.15) is 13.3 Å². The number of nitrogens with zero attached hydrogens (tertiary/aromatic N) is 1. The van der Waals surface area contributed by atoms with Crippen LogP contribution >= 0.6 is 0 Å². The zero-order chi connectivity index (χ0) is 9.56. The number of hydrogen-bond acceptors (Lipinski definition) is 4. The van der Waals surface area contributed by atoms with Gasteiger partial charge in [-0.05, 0) is 6.92 Å². The van der Waals surface area contributed by atoms with E-state index in [2.05, 4.69) is 9.99 Å². The van der Waals surface area contributed by atoms with Gasteiger partial charge in [-0.1, -0.05) is 5.16 Å². The topological polar surface area (TPSA) is 102 Å². The maximum atomic E-state index is 10.1. The molecule has 6 heteroatoms. The molecule has 0 fully saturated rings. The van der Waals surface area contributed by atoms with Crippen molar-refractivity contribution in [3.8, 4) is 0 Å². The highest BCUT2D eigenvalue weighted by Gasteiger charge is 2.07. The summed E-state index contributed by atoms with van der Waals surface area (Å²) in [5.74, 6) is -1.73. The second kappa shape index (κ2) is 5.11. The predicted octanol–water partition coefficient (Wildman–Crippen LogP) is -0.663. The maximum Gasteiger partial charge on any atom is 0.307 e. The van der Waals surface area contributed by atoms with Crippen LogP contribution in [0.5, 0.6) is 0 Å². The van der Waals surface area contributed by atoms with Gasteiger partial charge in [0.15, 0.2) is 0 Å². The quantitative estimate of drug-likeness (QED) is 0.426. The van der Waals surface area contributed by atoms with E-state index in [1.54, 1.807) is 0 Å². The summed E-state index contributed by atoms with van der Waals surface area (Å²) in [4.78, 5) is 24.7. The smallest absolute Gasteiger partial charge is 0.307 e. The number of aliphatic carboxylic acids is 1. The fraction of sp³-hybridized carbons (Fsp3) is 0.500. The van der Waals surface area contributed by atoms with Crippen molar-refractivity contribution in [3.63, 3.8) is 0 Å². The maximum absolute atomic E-state index is 10.1. The van der Waals surface area contributed by atoms with E-state index in [0.29, 0.717) is 0 Å². The van der Waals surface area contributed by atoms with Crippen molar-refractivity contribution in [2.75, 3.05) is 0 Å². The average Bonchev–Trinajstić information content (AvgIpc) is 1.84. The number of hydrogen-bond donors (Lipinski definition) is 2. The SMILES string of the molecule is CC(CC(=O)O)ON=CC(N)=O. The van der Waals surface area contributed by atoms with Gasteiger partial charge in [-0.2, -0.15) is 0 Å². The molecule has 0 aliphatic carbocycles. The first-order chi connectivity index (χ1) is 5.52. The van der Waals surface area contributed by atoms with E-state index in [-0.39, 0.29) is 6.42 Å². The molecule has 3 N–H and O–H groups in total. The summed E-state index contributed by atoms with van der Waals surface area (Å²) in [5.41, 5.74) is 4.70. The standard InChI is InChI=1S/C6H10N2O4/c1-4(2-6(10)11)12-8-3-5(7)9/h3-4H,2H2,1H3,(H2,7,9)(H,10,11). The van der Waals surface area contributed by atoms with E-state index >= 15 is 0 Å². The zero-order valence-electron chi connectivity index (χ0n) is 6.56. The third kappa shape index (κ3) is 6.53. The van der Waals surface area contributed by atoms with Crippen LogP contribution in [0.4, 0.5) is 0 Å². The van der Waals surface area contributed by atoms with Crippen molar-refractivity contribution in [1.29, 1.82) is 0 Å². The van der Waals surface area contributed by atoms with Gasteiger partial charge in [0.1, 0.15) is 12.3 Å². The minimum atomic E-state index is -0.989. The average molecular weight is 174 g/mol. The summed E-state index contributed by atoms with van der Waals surface area (Å²) in [6.45, 7) is 1.52. The number of oxime groups is 1. The number of rotatable bonds is 5. The molecular weight excluding hydrogens is 164 g/mol. The molecule has 1 atom stereocenters. The number of primary amides is 1. The molecule has 1 amide bonds. The molecule has 12 heavy (non-hydrogen) atoms. The van der Waals surface area contributed by atoms with Gasteiger partial charge in [0, 0.05) is 0 Å². The molecule has 0 aliphatic rings. The summed E-state index contributed by atoms with van der Waals surface area (Å²) < 4.78 is 0. The van der Waals surface area contributed by atoms with Gasteiger partial charge < -0.3 is 15.7 Å². The molecule has 0 saturated carbocycles. The van der Waals surface area contributed by atoms with Crippen LogP contribution in [0.2, 0.25) is 0 Å². The lowest BCUT2D eigenvalue weighted by molar-refractivity contribution is -0.139. The number of carbonyl (C=O) groups is 2. The monoisotopic (exact) mass is 174 g/mol. The molecule has 0 aromatic heterocycles. The van der Waals surface area contributed by atoms with Crippen LogP contribution < -0.4 is 5.73 Å². The first-order valence-corrected chi connectivity index (χ1v) is 3.22. The Bertz CT molecular complexity index is 202. The van der Waals surface area contributed by atoms with Gasteiger partial charge in [0.25, 0.3) is 5.91 Å². The molecule has 1 unspecified atom stereocenters. The Balaban J connectivity index is 3.63. The second-order valence-electron chi connectivity index (χ2n) is 2.15. The van der Waals surface area contributed by atoms with Crippen molar-refractivity contribution in [2.24, 2.45) is 10.9 Å². The minimum Gasteiger partial charge on any atom is -0.481 e. The third-order valence-corrected chi connectivity index (χ3v) is 0.883. The second-order valence-corrected chi connectivity index (χ2v) is 2.15. The Morgan fingerprint density at radius 1 is 1.75 bits per heavy atom. The molecule has 68 valence electrons. The normalized spacial score (nSPS) is 12.8. The van der Waals surface area contributed by atoms with Crippen molar-refractivity contribution in [3.05, 3.63) is 0 Å². The molecular formula is C6H10N2O4. The van der Waals surface area contributed by atoms with Crippen LogP contribution in [0.3, 0.4) is 0 Å². The van der Waals surface area contributed by atoms with Gasteiger partial charge >= 0.3 is 5.97 Å². The lowest BCUT2D eigenvalue weighted by Crippen LogP contribution is -2.14. The largest absolute Gasteiger partial charge is 0.481 e. The van der Waals surface area contributed by atoms with Crippen molar-refractivity contribution in [2.45, 2.75) is 19.4 Å². The molecule has 0 aromatic carbocycles. The molecule has 0 radical (unpaired) electrons. The molecule has 0 bridgehead atoms. The number of carboxylic acid groups (broad SMARTS) is 1. The van der Waals surface area contributed by atoms with Crippen LogP contribution in [0, 0.1) is 0 Å². The van der Waals surface area contributed by atoms with Crippen molar-refractivity contribution < 1.29 is 19.5 Å². The van der Waals surface area contributed by atoms with Crippen molar-refractivity contribution in [1.82, 2.24) is 0 Å². The fourth-order valence-corrected chi connectivity index (χ4v) is 0.469. The van der Waals surface area contributed by atoms with E-state index in [9.17, 15) is 9.59 Å². The van der Waals surface area contributed by atoms with Gasteiger partial charge in [-0.3, -0.25) is 9.59 Å². The molecule has 0 spiro atoms. The minimum absolute atomic E-state index is 0.171. The molecule has 0 heterocycles. The highest BCUT2D eigenvalue weighted by molar-refractivity contribution is 6.25. The Labute approximate surface area is 69.0 Å². The van der Waals surface area contributed by atoms with Crippen LogP contribution in [0.25, 0.3) is 0 Å². The van der Waals surface area contributed by atoms with Crippen LogP contribution in [-0.2, 0) is 14.4 Å². The van der Waals surface area contributed by atoms with Crippen LogP contribution in [-0.4, -0.2) is 29.3 Å². The Morgan fingerprint density at radius 2 is 2.33 bits per heavy atom. The van der Waals surface area contributed by atoms with Gasteiger partial charge in [-0.25, -0.2) is 0 Å².